The third-order valence-electron chi connectivity index (χ3n) is 3.88. The van der Waals surface area contributed by atoms with Crippen LogP contribution in [0.1, 0.15) is 18.4 Å². The molecule has 8 heteroatoms. The first-order chi connectivity index (χ1) is 12.7. The molecule has 0 saturated carbocycles. The Morgan fingerprint density at radius 1 is 1.31 bits per heavy atom. The summed E-state index contributed by atoms with van der Waals surface area (Å²) < 4.78 is 7.14. The fraction of sp³-hybridized carbons (Fsp3) is 0.278. The maximum absolute atomic E-state index is 12.6. The number of aromatic nitrogens is 3. The lowest BCUT2D eigenvalue weighted by Gasteiger charge is -2.17. The monoisotopic (exact) mass is 390 g/mol. The lowest BCUT2D eigenvalue weighted by Crippen LogP contribution is -2.32. The molecule has 26 heavy (non-hydrogen) atoms. The Morgan fingerprint density at radius 3 is 2.81 bits per heavy atom. The number of thioether (sulfide) groups is 1. The summed E-state index contributed by atoms with van der Waals surface area (Å²) >= 11 is 7.86. The summed E-state index contributed by atoms with van der Waals surface area (Å²) in [4.78, 5) is 16.9. The quantitative estimate of drug-likeness (QED) is 0.633. The van der Waals surface area contributed by atoms with Gasteiger partial charge in [-0.1, -0.05) is 28.9 Å². The van der Waals surface area contributed by atoms with Crippen LogP contribution >= 0.6 is 23.4 Å². The van der Waals surface area contributed by atoms with E-state index in [0.29, 0.717) is 22.3 Å². The second-order valence-electron chi connectivity index (χ2n) is 5.64. The largest absolute Gasteiger partial charge is 0.345 e. The van der Waals surface area contributed by atoms with E-state index in [0.717, 1.165) is 12.2 Å². The minimum Gasteiger partial charge on any atom is -0.345 e. The average Bonchev–Trinajstić information content (AvgIpc) is 3.33. The van der Waals surface area contributed by atoms with E-state index in [1.165, 1.54) is 0 Å². The third-order valence-corrected chi connectivity index (χ3v) is 4.86. The second kappa shape index (κ2) is 8.91. The molecular formula is C18H19ClN4O2S. The predicted molar refractivity (Wildman–Crippen MR) is 103 cm³/mol. The van der Waals surface area contributed by atoms with Crippen molar-refractivity contribution in [3.8, 4) is 11.4 Å². The van der Waals surface area contributed by atoms with Gasteiger partial charge in [-0.2, -0.15) is 16.7 Å². The Balaban J connectivity index is 1.64. The summed E-state index contributed by atoms with van der Waals surface area (Å²) in [5.74, 6) is 1.56. The molecule has 0 radical (unpaired) electrons. The molecule has 0 saturated heterocycles. The van der Waals surface area contributed by atoms with Crippen molar-refractivity contribution in [3.05, 3.63) is 59.7 Å². The topological polar surface area (TPSA) is 73.0 Å². The molecule has 6 nitrogen and oxygen atoms in total. The Morgan fingerprint density at radius 2 is 2.08 bits per heavy atom. The molecule has 2 heterocycles. The van der Waals surface area contributed by atoms with E-state index in [9.17, 15) is 4.79 Å². The highest BCUT2D eigenvalue weighted by atomic mass is 35.5. The molecular weight excluding hydrogens is 372 g/mol. The molecule has 3 rings (SSSR count). The van der Waals surface area contributed by atoms with Gasteiger partial charge in [0, 0.05) is 18.0 Å². The third kappa shape index (κ3) is 4.47. The van der Waals surface area contributed by atoms with E-state index in [-0.39, 0.29) is 18.5 Å². The molecule has 1 N–H and O–H groups in total. The molecule has 0 aliphatic heterocycles. The van der Waals surface area contributed by atoms with E-state index in [1.54, 1.807) is 17.8 Å². The highest BCUT2D eigenvalue weighted by Gasteiger charge is 2.20. The summed E-state index contributed by atoms with van der Waals surface area (Å²) in [6.45, 7) is 0.174. The van der Waals surface area contributed by atoms with Crippen LogP contribution in [0.15, 0.2) is 53.3 Å². The van der Waals surface area contributed by atoms with Gasteiger partial charge in [-0.3, -0.25) is 4.79 Å². The molecule has 136 valence electrons. The second-order valence-corrected chi connectivity index (χ2v) is 7.03. The minimum absolute atomic E-state index is 0.0762. The molecule has 1 atom stereocenters. The number of halogens is 1. The lowest BCUT2D eigenvalue weighted by atomic mass is 10.2. The lowest BCUT2D eigenvalue weighted by molar-refractivity contribution is -0.124. The number of carbonyl (C=O) groups is 1. The Hall–Kier alpha value is -2.25. The van der Waals surface area contributed by atoms with Crippen molar-refractivity contribution in [2.24, 2.45) is 0 Å². The van der Waals surface area contributed by atoms with Crippen molar-refractivity contribution in [1.29, 1.82) is 0 Å². The number of nitrogens with zero attached hydrogens (tertiary/aromatic N) is 3. The fourth-order valence-electron chi connectivity index (χ4n) is 2.56. The molecule has 0 unspecified atom stereocenters. The van der Waals surface area contributed by atoms with Crippen LogP contribution in [0.5, 0.6) is 0 Å². The normalized spacial score (nSPS) is 12.1. The zero-order chi connectivity index (χ0) is 18.4. The summed E-state index contributed by atoms with van der Waals surface area (Å²) in [6.07, 6.45) is 6.56. The van der Waals surface area contributed by atoms with E-state index in [4.69, 9.17) is 16.1 Å². The Bertz CT molecular complexity index is 851. The first-order valence-corrected chi connectivity index (χ1v) is 9.93. The molecule has 0 aliphatic carbocycles. The van der Waals surface area contributed by atoms with Crippen LogP contribution in [-0.4, -0.2) is 32.6 Å². The first-order valence-electron chi connectivity index (χ1n) is 8.15. The van der Waals surface area contributed by atoms with E-state index >= 15 is 0 Å². The summed E-state index contributed by atoms with van der Waals surface area (Å²) in [5.41, 5.74) is 0.695. The van der Waals surface area contributed by atoms with E-state index < -0.39 is 0 Å². The standard InChI is InChI=1S/C18H19ClN4O2S/c1-26-11-8-15(23-9-4-5-10-23)18(24)20-12-16-21-17(22-25-16)13-6-2-3-7-14(13)19/h2-7,9-10,15H,8,11-12H2,1H3,(H,20,24)/t15-/m0/s1. The van der Waals surface area contributed by atoms with Gasteiger partial charge in [-0.25, -0.2) is 0 Å². The van der Waals surface area contributed by atoms with E-state index in [1.807, 2.05) is 53.5 Å². The number of carbonyl (C=O) groups excluding carboxylic acids is 1. The number of hydrogen-bond acceptors (Lipinski definition) is 5. The van der Waals surface area contributed by atoms with Gasteiger partial charge in [-0.15, -0.1) is 0 Å². The number of amides is 1. The van der Waals surface area contributed by atoms with Gasteiger partial charge >= 0.3 is 0 Å². The van der Waals surface area contributed by atoms with Crippen molar-refractivity contribution in [2.45, 2.75) is 19.0 Å². The number of rotatable bonds is 8. The summed E-state index contributed by atoms with van der Waals surface area (Å²) in [7, 11) is 0. The molecule has 0 fully saturated rings. The van der Waals surface area contributed by atoms with Crippen LogP contribution in [0, 0.1) is 0 Å². The Kier molecular flexibility index (Phi) is 6.35. The zero-order valence-electron chi connectivity index (χ0n) is 14.3. The van der Waals surface area contributed by atoms with Crippen molar-refractivity contribution < 1.29 is 9.32 Å². The zero-order valence-corrected chi connectivity index (χ0v) is 15.8. The molecule has 0 spiro atoms. The van der Waals surface area contributed by atoms with Gasteiger partial charge in [0.2, 0.25) is 17.6 Å². The number of nitrogens with one attached hydrogen (secondary N) is 1. The summed E-state index contributed by atoms with van der Waals surface area (Å²) in [6, 6.07) is 10.8. The average molecular weight is 391 g/mol. The van der Waals surface area contributed by atoms with E-state index in [2.05, 4.69) is 15.5 Å². The molecule has 0 aliphatic rings. The maximum atomic E-state index is 12.6. The van der Waals surface area contributed by atoms with Crippen LogP contribution in [0.4, 0.5) is 0 Å². The van der Waals surface area contributed by atoms with Gasteiger partial charge in [0.05, 0.1) is 11.6 Å². The van der Waals surface area contributed by atoms with Crippen LogP contribution < -0.4 is 5.32 Å². The van der Waals surface area contributed by atoms with Gasteiger partial charge in [0.15, 0.2) is 0 Å². The highest BCUT2D eigenvalue weighted by Crippen LogP contribution is 2.24. The van der Waals surface area contributed by atoms with Crippen LogP contribution in [0.25, 0.3) is 11.4 Å². The number of hydrogen-bond donors (Lipinski definition) is 1. The first kappa shape index (κ1) is 18.5. The maximum Gasteiger partial charge on any atom is 0.246 e. The van der Waals surface area contributed by atoms with Crippen molar-refractivity contribution in [2.75, 3.05) is 12.0 Å². The van der Waals surface area contributed by atoms with Gasteiger partial charge in [-0.05, 0) is 42.7 Å². The molecule has 3 aromatic rings. The van der Waals surface area contributed by atoms with Crippen molar-refractivity contribution in [3.63, 3.8) is 0 Å². The van der Waals surface area contributed by atoms with Gasteiger partial charge < -0.3 is 14.4 Å². The number of benzene rings is 1. The molecule has 1 amide bonds. The van der Waals surface area contributed by atoms with Crippen LogP contribution in [0.2, 0.25) is 5.02 Å². The van der Waals surface area contributed by atoms with Crippen molar-refractivity contribution in [1.82, 2.24) is 20.0 Å². The molecule has 2 aromatic heterocycles. The predicted octanol–water partition coefficient (Wildman–Crippen LogP) is 3.80. The van der Waals surface area contributed by atoms with Gasteiger partial charge in [0.25, 0.3) is 0 Å². The van der Waals surface area contributed by atoms with Crippen molar-refractivity contribution >= 4 is 29.3 Å². The summed E-state index contributed by atoms with van der Waals surface area (Å²) in [5, 5.41) is 7.37. The Labute approximate surface area is 160 Å². The fourth-order valence-corrected chi connectivity index (χ4v) is 3.24. The van der Waals surface area contributed by atoms with Crippen LogP contribution in [-0.2, 0) is 11.3 Å². The van der Waals surface area contributed by atoms with Crippen LogP contribution in [0.3, 0.4) is 0 Å². The smallest absolute Gasteiger partial charge is 0.246 e. The molecule has 0 bridgehead atoms. The highest BCUT2D eigenvalue weighted by molar-refractivity contribution is 7.98. The van der Waals surface area contributed by atoms with Gasteiger partial charge in [0.1, 0.15) is 6.04 Å². The SMILES string of the molecule is CSCC[C@@H](C(=O)NCc1nc(-c2ccccc2Cl)no1)n1cccc1. The molecule has 1 aromatic carbocycles. The minimum atomic E-state index is -0.261.